The van der Waals surface area contributed by atoms with E-state index < -0.39 is 0 Å². The quantitative estimate of drug-likeness (QED) is 0.360. The molecule has 0 aliphatic carbocycles. The molecule has 1 aromatic carbocycles. The van der Waals surface area contributed by atoms with Crippen molar-refractivity contribution >= 4 is 28.7 Å². The molecule has 3 rings (SSSR count). The summed E-state index contributed by atoms with van der Waals surface area (Å²) in [5, 5.41) is 0.426. The third kappa shape index (κ3) is 3.42. The number of amidine groups is 1. The van der Waals surface area contributed by atoms with Gasteiger partial charge in [0.05, 0.1) is 17.7 Å². The van der Waals surface area contributed by atoms with Crippen molar-refractivity contribution < 1.29 is 9.59 Å². The highest BCUT2D eigenvalue weighted by Gasteiger charge is 2.41. The molecule has 2 heterocycles. The standard InChI is InChI=1S/C20H22N4O2S/c1-4-10-22-20(21)27-12-11-23-18(25)16-13(2)24(14(3)17(16)19(23)26)15-8-6-5-7-9-15/h4-9H,1,10-12H2,2-3H3,(H2,21,22). The third-order valence-electron chi connectivity index (χ3n) is 4.52. The van der Waals surface area contributed by atoms with Crippen molar-refractivity contribution in [1.82, 2.24) is 9.47 Å². The monoisotopic (exact) mass is 382 g/mol. The molecule has 2 N–H and O–H groups in total. The van der Waals surface area contributed by atoms with Crippen LogP contribution < -0.4 is 5.73 Å². The van der Waals surface area contributed by atoms with E-state index in [1.54, 1.807) is 6.08 Å². The van der Waals surface area contributed by atoms with Crippen LogP contribution in [0.1, 0.15) is 32.1 Å². The molecule has 0 saturated heterocycles. The molecule has 27 heavy (non-hydrogen) atoms. The highest BCUT2D eigenvalue weighted by molar-refractivity contribution is 8.13. The first-order valence-corrected chi connectivity index (χ1v) is 9.63. The average molecular weight is 382 g/mol. The molecule has 0 unspecified atom stereocenters. The van der Waals surface area contributed by atoms with E-state index in [0.29, 0.717) is 35.1 Å². The molecule has 0 spiro atoms. The van der Waals surface area contributed by atoms with E-state index in [1.165, 1.54) is 16.7 Å². The van der Waals surface area contributed by atoms with E-state index in [9.17, 15) is 9.59 Å². The molecule has 0 atom stereocenters. The highest BCUT2D eigenvalue weighted by atomic mass is 32.2. The number of thioether (sulfide) groups is 1. The zero-order valence-corrected chi connectivity index (χ0v) is 16.3. The maximum atomic E-state index is 12.9. The third-order valence-corrected chi connectivity index (χ3v) is 5.33. The van der Waals surface area contributed by atoms with E-state index in [-0.39, 0.29) is 11.8 Å². The van der Waals surface area contributed by atoms with Crippen molar-refractivity contribution in [1.29, 1.82) is 0 Å². The normalized spacial score (nSPS) is 14.0. The fourth-order valence-corrected chi connectivity index (χ4v) is 3.98. The number of imide groups is 1. The molecule has 1 aromatic heterocycles. The first-order valence-electron chi connectivity index (χ1n) is 8.64. The van der Waals surface area contributed by atoms with Crippen LogP contribution in [0.5, 0.6) is 0 Å². The number of rotatable bonds is 6. The molecule has 6 nitrogen and oxygen atoms in total. The zero-order chi connectivity index (χ0) is 19.6. The molecule has 7 heteroatoms. The van der Waals surface area contributed by atoms with Crippen LogP contribution in [0.4, 0.5) is 0 Å². The minimum absolute atomic E-state index is 0.243. The molecular formula is C20H22N4O2S. The lowest BCUT2D eigenvalue weighted by Crippen LogP contribution is -2.33. The molecular weight excluding hydrogens is 360 g/mol. The number of hydrogen-bond donors (Lipinski definition) is 1. The maximum absolute atomic E-state index is 12.9. The Labute approximate surface area is 162 Å². The molecule has 1 aliphatic heterocycles. The van der Waals surface area contributed by atoms with E-state index in [0.717, 1.165) is 17.1 Å². The molecule has 0 saturated carbocycles. The molecule has 1 aliphatic rings. The van der Waals surface area contributed by atoms with Gasteiger partial charge in [-0.15, -0.1) is 6.58 Å². The predicted octanol–water partition coefficient (Wildman–Crippen LogP) is 2.92. The average Bonchev–Trinajstić information content (AvgIpc) is 3.07. The van der Waals surface area contributed by atoms with Gasteiger partial charge in [-0.25, -0.2) is 0 Å². The van der Waals surface area contributed by atoms with Gasteiger partial charge in [-0.1, -0.05) is 36.0 Å². The molecule has 0 fully saturated rings. The fraction of sp³-hybridized carbons (Fsp3) is 0.250. The van der Waals surface area contributed by atoms with Crippen LogP contribution >= 0.6 is 11.8 Å². The summed E-state index contributed by atoms with van der Waals surface area (Å²) in [6, 6.07) is 9.73. The van der Waals surface area contributed by atoms with Gasteiger partial charge >= 0.3 is 0 Å². The number of carbonyl (C=O) groups excluding carboxylic acids is 2. The van der Waals surface area contributed by atoms with Crippen molar-refractivity contribution in [3.8, 4) is 5.69 Å². The minimum atomic E-state index is -0.243. The van der Waals surface area contributed by atoms with Crippen molar-refractivity contribution in [3.05, 3.63) is 65.5 Å². The summed E-state index contributed by atoms with van der Waals surface area (Å²) in [6.07, 6.45) is 1.66. The number of nitrogens with two attached hydrogens (primary N) is 1. The van der Waals surface area contributed by atoms with Gasteiger partial charge in [0.25, 0.3) is 11.8 Å². The molecule has 2 amide bonds. The van der Waals surface area contributed by atoms with Crippen molar-refractivity contribution in [2.45, 2.75) is 13.8 Å². The topological polar surface area (TPSA) is 80.7 Å². The van der Waals surface area contributed by atoms with Gasteiger partial charge in [0.2, 0.25) is 0 Å². The van der Waals surface area contributed by atoms with Gasteiger partial charge in [0.1, 0.15) is 0 Å². The van der Waals surface area contributed by atoms with Crippen LogP contribution in [0, 0.1) is 13.8 Å². The molecule has 140 valence electrons. The summed E-state index contributed by atoms with van der Waals surface area (Å²) < 4.78 is 1.96. The fourth-order valence-electron chi connectivity index (χ4n) is 3.33. The summed E-state index contributed by atoms with van der Waals surface area (Å²) in [7, 11) is 0. The number of para-hydroxylation sites is 1. The Morgan fingerprint density at radius 1 is 1.15 bits per heavy atom. The number of benzene rings is 1. The second-order valence-corrected chi connectivity index (χ2v) is 7.28. The number of carbonyl (C=O) groups is 2. The lowest BCUT2D eigenvalue weighted by molar-refractivity contribution is 0.0662. The van der Waals surface area contributed by atoms with Gasteiger partial charge in [-0.2, -0.15) is 0 Å². The van der Waals surface area contributed by atoms with Crippen molar-refractivity contribution in [2.24, 2.45) is 10.7 Å². The van der Waals surface area contributed by atoms with Crippen molar-refractivity contribution in [2.75, 3.05) is 18.8 Å². The number of nitrogens with zero attached hydrogens (tertiary/aromatic N) is 3. The number of fused-ring (bicyclic) bond motifs is 1. The lowest BCUT2D eigenvalue weighted by Gasteiger charge is -2.16. The molecule has 2 aromatic rings. The Kier molecular flexibility index (Phi) is 5.51. The number of aromatic nitrogens is 1. The Morgan fingerprint density at radius 3 is 2.30 bits per heavy atom. The minimum Gasteiger partial charge on any atom is -0.379 e. The van der Waals surface area contributed by atoms with Gasteiger partial charge in [0, 0.05) is 29.4 Å². The summed E-state index contributed by atoms with van der Waals surface area (Å²) in [6.45, 7) is 8.09. The molecule has 0 radical (unpaired) electrons. The summed E-state index contributed by atoms with van der Waals surface area (Å²) >= 11 is 1.33. The highest BCUT2D eigenvalue weighted by Crippen LogP contribution is 2.33. The van der Waals surface area contributed by atoms with Crippen LogP contribution in [0.15, 0.2) is 48.0 Å². The summed E-state index contributed by atoms with van der Waals surface area (Å²) in [5.41, 5.74) is 9.30. The largest absolute Gasteiger partial charge is 0.379 e. The van der Waals surface area contributed by atoms with Gasteiger partial charge in [-0.3, -0.25) is 19.5 Å². The molecule has 0 bridgehead atoms. The van der Waals surface area contributed by atoms with Gasteiger partial charge in [-0.05, 0) is 26.0 Å². The zero-order valence-electron chi connectivity index (χ0n) is 15.4. The van der Waals surface area contributed by atoms with Crippen LogP contribution in [0.3, 0.4) is 0 Å². The second kappa shape index (κ2) is 7.84. The van der Waals surface area contributed by atoms with Crippen molar-refractivity contribution in [3.63, 3.8) is 0 Å². The van der Waals surface area contributed by atoms with Crippen LogP contribution in [-0.2, 0) is 0 Å². The van der Waals surface area contributed by atoms with Crippen LogP contribution in [-0.4, -0.2) is 45.3 Å². The van der Waals surface area contributed by atoms with E-state index in [2.05, 4.69) is 11.6 Å². The number of hydrogen-bond acceptors (Lipinski definition) is 4. The summed E-state index contributed by atoms with van der Waals surface area (Å²) in [4.78, 5) is 31.2. The van der Waals surface area contributed by atoms with E-state index >= 15 is 0 Å². The Bertz CT molecular complexity index is 892. The van der Waals surface area contributed by atoms with E-state index in [1.807, 2.05) is 48.7 Å². The van der Waals surface area contributed by atoms with Crippen LogP contribution in [0.25, 0.3) is 5.69 Å². The van der Waals surface area contributed by atoms with E-state index in [4.69, 9.17) is 5.73 Å². The van der Waals surface area contributed by atoms with Gasteiger partial charge in [0.15, 0.2) is 5.17 Å². The first-order chi connectivity index (χ1) is 13.0. The van der Waals surface area contributed by atoms with Gasteiger partial charge < -0.3 is 10.3 Å². The lowest BCUT2D eigenvalue weighted by atomic mass is 10.1. The van der Waals surface area contributed by atoms with Crippen LogP contribution in [0.2, 0.25) is 0 Å². The summed E-state index contributed by atoms with van der Waals surface area (Å²) in [5.74, 6) is 0.0188. The maximum Gasteiger partial charge on any atom is 0.263 e. The smallest absolute Gasteiger partial charge is 0.263 e. The Balaban J connectivity index is 1.81. The number of aliphatic imine (C=N–C) groups is 1. The number of amides is 2. The SMILES string of the molecule is C=CCN=C(N)SCCN1C(=O)c2c(c(C)n(-c3ccccc3)c2C)C1=O. The predicted molar refractivity (Wildman–Crippen MR) is 110 cm³/mol. The Morgan fingerprint density at radius 2 is 1.74 bits per heavy atom. The Hall–Kier alpha value is -2.80. The second-order valence-electron chi connectivity index (χ2n) is 6.17. The first kappa shape index (κ1) is 19.0.